The fraction of sp³-hybridized carbons (Fsp3) is 0.292. The summed E-state index contributed by atoms with van der Waals surface area (Å²) in [6, 6.07) is 14.8. The van der Waals surface area contributed by atoms with Crippen molar-refractivity contribution in [3.63, 3.8) is 0 Å². The lowest BCUT2D eigenvalue weighted by molar-refractivity contribution is -0.120. The van der Waals surface area contributed by atoms with Gasteiger partial charge in [-0.05, 0) is 59.3 Å². The fourth-order valence-corrected chi connectivity index (χ4v) is 4.58. The fourth-order valence-electron chi connectivity index (χ4n) is 3.39. The summed E-state index contributed by atoms with van der Waals surface area (Å²) >= 11 is 0. The number of nitrogens with zero attached hydrogens (tertiary/aromatic N) is 2. The van der Waals surface area contributed by atoms with E-state index < -0.39 is 33.8 Å². The van der Waals surface area contributed by atoms with Crippen LogP contribution in [0.2, 0.25) is 0 Å². The Morgan fingerprint density at radius 2 is 1.76 bits per heavy atom. The highest BCUT2D eigenvalue weighted by atomic mass is 32.3. The summed E-state index contributed by atoms with van der Waals surface area (Å²) in [6.07, 6.45) is 6.76. The molecule has 1 unspecified atom stereocenters. The molecule has 0 bridgehead atoms. The Kier molecular flexibility index (Phi) is 7.33. The average molecular weight is 472 g/mol. The van der Waals surface area contributed by atoms with Gasteiger partial charge in [0.25, 0.3) is 17.7 Å². The predicted molar refractivity (Wildman–Crippen MR) is 130 cm³/mol. The van der Waals surface area contributed by atoms with E-state index in [1.165, 1.54) is 17.5 Å². The highest BCUT2D eigenvalue weighted by molar-refractivity contribution is 8.31. The van der Waals surface area contributed by atoms with Crippen molar-refractivity contribution in [3.8, 4) is 11.6 Å². The van der Waals surface area contributed by atoms with E-state index in [9.17, 15) is 14.7 Å². The van der Waals surface area contributed by atoms with E-state index in [1.54, 1.807) is 31.4 Å². The van der Waals surface area contributed by atoms with E-state index >= 15 is 0 Å². The van der Waals surface area contributed by atoms with E-state index in [0.717, 1.165) is 11.8 Å². The molecule has 9 heteroatoms. The van der Waals surface area contributed by atoms with E-state index in [2.05, 4.69) is 29.2 Å². The van der Waals surface area contributed by atoms with E-state index in [0.29, 0.717) is 17.0 Å². The number of methoxy groups -OCH3 is 1. The number of aromatic hydroxyl groups is 1. The van der Waals surface area contributed by atoms with Crippen LogP contribution in [0.4, 0.5) is 5.69 Å². The lowest BCUT2D eigenvalue weighted by Gasteiger charge is -2.27. The van der Waals surface area contributed by atoms with Crippen molar-refractivity contribution in [1.82, 2.24) is 10.1 Å². The van der Waals surface area contributed by atoms with Gasteiger partial charge in [-0.1, -0.05) is 24.3 Å². The molecule has 1 aromatic heterocycles. The molecule has 0 radical (unpaired) electrons. The topological polar surface area (TPSA) is 105 Å². The number of likely N-dealkylation sites (N-methyl/N-ethyl adjacent to an activating group) is 1. The maximum atomic E-state index is 13.3. The largest absolute Gasteiger partial charge is 0.497 e. The number of aromatic nitrogens is 1. The van der Waals surface area contributed by atoms with E-state index in [1.807, 2.05) is 24.3 Å². The average Bonchev–Trinajstić information content (AvgIpc) is 3.20. The summed E-state index contributed by atoms with van der Waals surface area (Å²) in [6.45, 7) is 0. The van der Waals surface area contributed by atoms with Crippen molar-refractivity contribution in [2.45, 2.75) is 11.8 Å². The van der Waals surface area contributed by atoms with E-state index in [-0.39, 0.29) is 5.76 Å². The minimum atomic E-state index is -0.964. The second-order valence-electron chi connectivity index (χ2n) is 8.56. The van der Waals surface area contributed by atoms with Gasteiger partial charge in [0.05, 0.1) is 13.2 Å². The molecule has 3 rings (SSSR count). The van der Waals surface area contributed by atoms with Crippen LogP contribution >= 0.6 is 10.0 Å². The molecule has 2 N–H and O–H groups in total. The minimum Gasteiger partial charge on any atom is -0.497 e. The maximum Gasteiger partial charge on any atom is 0.293 e. The molecule has 1 atom stereocenters. The van der Waals surface area contributed by atoms with Gasteiger partial charge in [-0.2, -0.15) is 0 Å². The molecule has 0 saturated carbocycles. The van der Waals surface area contributed by atoms with Crippen LogP contribution in [0, 0.1) is 0 Å². The summed E-state index contributed by atoms with van der Waals surface area (Å²) in [5, 5.41) is 15.7. The second-order valence-corrected chi connectivity index (χ2v) is 13.0. The maximum absolute atomic E-state index is 13.3. The number of ether oxygens (including phenoxy) is 1. The zero-order valence-corrected chi connectivity index (χ0v) is 20.2. The van der Waals surface area contributed by atoms with Crippen LogP contribution in [0.3, 0.4) is 0 Å². The number of rotatable bonds is 8. The number of carbonyl (C=O) groups excluding carboxylic acids is 2. The number of nitrogens with one attached hydrogen (secondary N) is 1. The third kappa shape index (κ3) is 6.29. The van der Waals surface area contributed by atoms with Crippen LogP contribution in [0.15, 0.2) is 59.1 Å². The number of hydrogen-bond acceptors (Lipinski definition) is 6. The Labute approximate surface area is 194 Å². The van der Waals surface area contributed by atoms with Gasteiger partial charge < -0.3 is 24.6 Å². The van der Waals surface area contributed by atoms with Crippen LogP contribution in [-0.2, 0) is 10.5 Å². The van der Waals surface area contributed by atoms with Gasteiger partial charge >= 0.3 is 0 Å². The van der Waals surface area contributed by atoms with Gasteiger partial charge in [-0.15, -0.1) is 0 Å². The van der Waals surface area contributed by atoms with Crippen LogP contribution in [0.5, 0.6) is 11.6 Å². The van der Waals surface area contributed by atoms with Crippen molar-refractivity contribution >= 4 is 27.5 Å². The molecule has 3 aromatic rings. The molecular weight excluding hydrogens is 442 g/mol. The summed E-state index contributed by atoms with van der Waals surface area (Å²) in [5.74, 6) is 0.0568. The lowest BCUT2D eigenvalue weighted by atomic mass is 10.0. The zero-order valence-electron chi connectivity index (χ0n) is 19.4. The molecule has 8 nitrogen and oxygen atoms in total. The molecule has 0 aliphatic heterocycles. The molecule has 0 aliphatic carbocycles. The Bertz CT molecular complexity index is 1100. The number of amides is 2. The Balaban J connectivity index is 1.86. The summed E-state index contributed by atoms with van der Waals surface area (Å²) in [7, 11) is 2.36. The number of benzene rings is 2. The third-order valence-electron chi connectivity index (χ3n) is 4.92. The van der Waals surface area contributed by atoms with Crippen LogP contribution < -0.4 is 10.1 Å². The quantitative estimate of drug-likeness (QED) is 0.514. The smallest absolute Gasteiger partial charge is 0.293 e. The molecule has 176 valence electrons. The highest BCUT2D eigenvalue weighted by Crippen LogP contribution is 2.39. The minimum absolute atomic E-state index is 0.171. The molecule has 0 aliphatic rings. The van der Waals surface area contributed by atoms with Gasteiger partial charge in [0.1, 0.15) is 11.8 Å². The van der Waals surface area contributed by atoms with Crippen molar-refractivity contribution in [1.29, 1.82) is 0 Å². The monoisotopic (exact) mass is 471 g/mol. The lowest BCUT2D eigenvalue weighted by Crippen LogP contribution is -2.38. The third-order valence-corrected chi connectivity index (χ3v) is 6.12. The zero-order chi connectivity index (χ0) is 24.2. The Morgan fingerprint density at radius 1 is 1.12 bits per heavy atom. The van der Waals surface area contributed by atoms with Gasteiger partial charge in [0, 0.05) is 18.5 Å². The first-order valence-electron chi connectivity index (χ1n) is 10.2. The molecule has 33 heavy (non-hydrogen) atoms. The molecule has 1 heterocycles. The van der Waals surface area contributed by atoms with Gasteiger partial charge in [0.2, 0.25) is 5.76 Å². The van der Waals surface area contributed by atoms with Crippen molar-refractivity contribution in [3.05, 3.63) is 71.5 Å². The molecule has 2 aromatic carbocycles. The van der Waals surface area contributed by atoms with Crippen LogP contribution in [0.1, 0.15) is 27.7 Å². The Hall–Kier alpha value is -3.46. The van der Waals surface area contributed by atoms with Crippen molar-refractivity contribution in [2.24, 2.45) is 0 Å². The summed E-state index contributed by atoms with van der Waals surface area (Å²) in [4.78, 5) is 27.5. The molecule has 0 saturated heterocycles. The van der Waals surface area contributed by atoms with Crippen molar-refractivity contribution < 1.29 is 24.0 Å². The van der Waals surface area contributed by atoms with Crippen molar-refractivity contribution in [2.75, 3.05) is 38.2 Å². The number of anilines is 1. The first-order valence-corrected chi connectivity index (χ1v) is 13.2. The molecule has 0 fully saturated rings. The number of carbonyl (C=O) groups is 2. The first kappa shape index (κ1) is 24.2. The normalized spacial score (nSPS) is 12.6. The first-order chi connectivity index (χ1) is 15.6. The molecule has 0 spiro atoms. The summed E-state index contributed by atoms with van der Waals surface area (Å²) < 4.78 is 10.1. The van der Waals surface area contributed by atoms with Gasteiger partial charge in [-0.25, -0.2) is 10.0 Å². The molecule has 2 amide bonds. The second kappa shape index (κ2) is 9.99. The highest BCUT2D eigenvalue weighted by Gasteiger charge is 2.31. The van der Waals surface area contributed by atoms with E-state index in [4.69, 9.17) is 9.26 Å². The van der Waals surface area contributed by atoms with Crippen LogP contribution in [0.25, 0.3) is 0 Å². The summed E-state index contributed by atoms with van der Waals surface area (Å²) in [5.41, 5.74) is 2.42. The van der Waals surface area contributed by atoms with Gasteiger partial charge in [-0.3, -0.25) is 9.59 Å². The SMILES string of the molecule is COc1ccc(C(C(=O)Nc2ccc(CS(C)(C)C)cc2)N(C)C(=O)c2cc(O)no2)cc1. The Morgan fingerprint density at radius 3 is 2.27 bits per heavy atom. The van der Waals surface area contributed by atoms with Crippen LogP contribution in [-0.4, -0.2) is 59.9 Å². The van der Waals surface area contributed by atoms with Gasteiger partial charge in [0.15, 0.2) is 0 Å². The molecular formula is C24H29N3O5S. The number of hydrogen-bond donors (Lipinski definition) is 2. The predicted octanol–water partition coefficient (Wildman–Crippen LogP) is 4.03. The standard InChI is InChI=1S/C24H29N3O5S/c1-27(24(30)20-14-21(28)26-32-20)22(17-8-12-19(31-2)13-9-17)23(29)25-18-10-6-16(7-11-18)15-33(3,4)5/h6-14,22H,15H2,1-5H3,(H,25,29)(H,26,28).